The van der Waals surface area contributed by atoms with Crippen LogP contribution in [-0.4, -0.2) is 35.7 Å². The van der Waals surface area contributed by atoms with E-state index in [1.54, 1.807) is 31.2 Å². The van der Waals surface area contributed by atoms with Crippen LogP contribution in [0.25, 0.3) is 0 Å². The SMILES string of the molecule is CC1(C)C(COC(=O)c2ccccc2)C1C(=O)O.CCC(=O)OC(C)C. The lowest BCUT2D eigenvalue weighted by atomic mass is 10.1. The zero-order chi connectivity index (χ0) is 19.9. The lowest BCUT2D eigenvalue weighted by Gasteiger charge is -2.05. The highest BCUT2D eigenvalue weighted by Gasteiger charge is 2.62. The smallest absolute Gasteiger partial charge is 0.338 e. The normalized spacial score (nSPS) is 19.8. The standard InChI is InChI=1S/C14H16O4.C6H12O2/c1-14(2)10(11(14)12(15)16)8-18-13(17)9-6-4-3-5-7-9;1-4-6(7)8-5(2)3/h3-7,10-11H,8H2,1-2H3,(H,15,16);5H,4H2,1-3H3. The summed E-state index contributed by atoms with van der Waals surface area (Å²) in [5, 5.41) is 9.00. The van der Waals surface area contributed by atoms with Crippen molar-refractivity contribution >= 4 is 17.9 Å². The molecule has 1 aromatic rings. The number of ether oxygens (including phenoxy) is 2. The Morgan fingerprint density at radius 1 is 1.15 bits per heavy atom. The van der Waals surface area contributed by atoms with E-state index in [2.05, 4.69) is 0 Å². The molecule has 144 valence electrons. The van der Waals surface area contributed by atoms with E-state index in [4.69, 9.17) is 14.6 Å². The first kappa shape index (κ1) is 21.7. The van der Waals surface area contributed by atoms with Crippen molar-refractivity contribution in [1.29, 1.82) is 0 Å². The summed E-state index contributed by atoms with van der Waals surface area (Å²) in [7, 11) is 0. The third-order valence-electron chi connectivity index (χ3n) is 4.38. The summed E-state index contributed by atoms with van der Waals surface area (Å²) < 4.78 is 9.93. The Morgan fingerprint density at radius 2 is 1.73 bits per heavy atom. The molecule has 2 rings (SSSR count). The number of carboxylic acids is 1. The van der Waals surface area contributed by atoms with Crippen LogP contribution in [0.1, 0.15) is 51.4 Å². The van der Waals surface area contributed by atoms with Gasteiger partial charge in [0.15, 0.2) is 0 Å². The van der Waals surface area contributed by atoms with Gasteiger partial charge in [-0.25, -0.2) is 4.79 Å². The molecule has 6 heteroatoms. The minimum Gasteiger partial charge on any atom is -0.481 e. The summed E-state index contributed by atoms with van der Waals surface area (Å²) in [6.45, 7) is 9.39. The van der Waals surface area contributed by atoms with Gasteiger partial charge in [-0.3, -0.25) is 9.59 Å². The van der Waals surface area contributed by atoms with Crippen LogP contribution in [0.5, 0.6) is 0 Å². The number of aliphatic carboxylic acids is 1. The molecule has 1 N–H and O–H groups in total. The number of carbonyl (C=O) groups is 3. The van der Waals surface area contributed by atoms with E-state index in [9.17, 15) is 14.4 Å². The average molecular weight is 364 g/mol. The molecule has 1 aliphatic carbocycles. The van der Waals surface area contributed by atoms with Gasteiger partial charge in [-0.05, 0) is 31.4 Å². The summed E-state index contributed by atoms with van der Waals surface area (Å²) in [6, 6.07) is 8.70. The number of hydrogen-bond acceptors (Lipinski definition) is 5. The minimum absolute atomic E-state index is 0.0300. The fourth-order valence-corrected chi connectivity index (χ4v) is 2.71. The second kappa shape index (κ2) is 9.36. The highest BCUT2D eigenvalue weighted by atomic mass is 16.5. The monoisotopic (exact) mass is 364 g/mol. The van der Waals surface area contributed by atoms with Gasteiger partial charge in [-0.2, -0.15) is 0 Å². The van der Waals surface area contributed by atoms with Crippen LogP contribution in [0.3, 0.4) is 0 Å². The number of carbonyl (C=O) groups excluding carboxylic acids is 2. The molecule has 0 heterocycles. The fourth-order valence-electron chi connectivity index (χ4n) is 2.71. The quantitative estimate of drug-likeness (QED) is 0.777. The maximum Gasteiger partial charge on any atom is 0.338 e. The summed E-state index contributed by atoms with van der Waals surface area (Å²) in [5.41, 5.74) is 0.200. The average Bonchev–Trinajstić information content (AvgIpc) is 3.14. The Hall–Kier alpha value is -2.37. The predicted octanol–water partition coefficient (Wildman–Crippen LogP) is 3.55. The van der Waals surface area contributed by atoms with Gasteiger partial charge >= 0.3 is 17.9 Å². The molecule has 26 heavy (non-hydrogen) atoms. The number of hydrogen-bond donors (Lipinski definition) is 1. The van der Waals surface area contributed by atoms with Gasteiger partial charge in [0, 0.05) is 12.3 Å². The van der Waals surface area contributed by atoms with Crippen molar-refractivity contribution in [3.8, 4) is 0 Å². The van der Waals surface area contributed by atoms with Gasteiger partial charge in [-0.15, -0.1) is 0 Å². The van der Waals surface area contributed by atoms with Crippen molar-refractivity contribution in [2.45, 2.75) is 47.1 Å². The topological polar surface area (TPSA) is 89.9 Å². The molecule has 1 aromatic carbocycles. The van der Waals surface area contributed by atoms with E-state index in [1.165, 1.54) is 0 Å². The maximum absolute atomic E-state index is 11.7. The molecule has 0 amide bonds. The second-order valence-corrected chi connectivity index (χ2v) is 7.10. The number of rotatable bonds is 6. The lowest BCUT2D eigenvalue weighted by molar-refractivity contribution is -0.147. The first-order valence-corrected chi connectivity index (χ1v) is 8.75. The van der Waals surface area contributed by atoms with Crippen LogP contribution >= 0.6 is 0 Å². The van der Waals surface area contributed by atoms with E-state index in [-0.39, 0.29) is 30.0 Å². The Bertz CT molecular complexity index is 620. The van der Waals surface area contributed by atoms with Crippen molar-refractivity contribution < 1.29 is 29.0 Å². The van der Waals surface area contributed by atoms with Crippen molar-refractivity contribution in [2.24, 2.45) is 17.3 Å². The largest absolute Gasteiger partial charge is 0.481 e. The highest BCUT2D eigenvalue weighted by Crippen LogP contribution is 2.58. The van der Waals surface area contributed by atoms with Crippen LogP contribution in [0.15, 0.2) is 30.3 Å². The zero-order valence-corrected chi connectivity index (χ0v) is 16.0. The zero-order valence-electron chi connectivity index (χ0n) is 16.0. The van der Waals surface area contributed by atoms with Crippen LogP contribution < -0.4 is 0 Å². The lowest BCUT2D eigenvalue weighted by Crippen LogP contribution is -2.10. The molecule has 0 saturated heterocycles. The van der Waals surface area contributed by atoms with E-state index in [0.717, 1.165) is 0 Å². The molecule has 6 nitrogen and oxygen atoms in total. The van der Waals surface area contributed by atoms with E-state index in [0.29, 0.717) is 12.0 Å². The molecule has 1 saturated carbocycles. The van der Waals surface area contributed by atoms with Crippen molar-refractivity contribution in [3.63, 3.8) is 0 Å². The molecule has 1 aliphatic rings. The van der Waals surface area contributed by atoms with E-state index in [1.807, 2.05) is 33.8 Å². The second-order valence-electron chi connectivity index (χ2n) is 7.10. The predicted molar refractivity (Wildman–Crippen MR) is 96.6 cm³/mol. The van der Waals surface area contributed by atoms with Gasteiger partial charge in [0.25, 0.3) is 0 Å². The number of benzene rings is 1. The molecule has 0 aliphatic heterocycles. The molecule has 0 aromatic heterocycles. The third-order valence-corrected chi connectivity index (χ3v) is 4.38. The van der Waals surface area contributed by atoms with Crippen LogP contribution in [0, 0.1) is 17.3 Å². The first-order chi connectivity index (χ1) is 12.1. The summed E-state index contributed by atoms with van der Waals surface area (Å²) in [4.78, 5) is 33.1. The van der Waals surface area contributed by atoms with Crippen LogP contribution in [0.2, 0.25) is 0 Å². The van der Waals surface area contributed by atoms with Gasteiger partial charge in [0.05, 0.1) is 24.2 Å². The maximum atomic E-state index is 11.7. The summed E-state index contributed by atoms with van der Waals surface area (Å²) >= 11 is 0. The Kier molecular flexibility index (Phi) is 7.80. The van der Waals surface area contributed by atoms with E-state index >= 15 is 0 Å². The third kappa shape index (κ3) is 6.17. The summed E-state index contributed by atoms with van der Waals surface area (Å²) in [5.74, 6) is -1.85. The molecule has 0 bridgehead atoms. The molecule has 2 atom stereocenters. The Labute approximate surface area is 154 Å². The molecular formula is C20H28O6. The number of esters is 2. The first-order valence-electron chi connectivity index (χ1n) is 8.75. The Morgan fingerprint density at radius 3 is 2.12 bits per heavy atom. The van der Waals surface area contributed by atoms with Gasteiger partial charge in [-0.1, -0.05) is 39.0 Å². The van der Waals surface area contributed by atoms with Crippen molar-refractivity contribution in [3.05, 3.63) is 35.9 Å². The Balaban J connectivity index is 0.000000359. The molecular weight excluding hydrogens is 336 g/mol. The molecule has 0 radical (unpaired) electrons. The van der Waals surface area contributed by atoms with Crippen molar-refractivity contribution in [2.75, 3.05) is 6.61 Å². The molecule has 0 spiro atoms. The molecule has 2 unspecified atom stereocenters. The van der Waals surface area contributed by atoms with Gasteiger partial charge in [0.2, 0.25) is 0 Å². The van der Waals surface area contributed by atoms with Crippen LogP contribution in [0.4, 0.5) is 0 Å². The van der Waals surface area contributed by atoms with Crippen LogP contribution in [-0.2, 0) is 19.1 Å². The van der Waals surface area contributed by atoms with Gasteiger partial charge in [0.1, 0.15) is 0 Å². The minimum atomic E-state index is -0.819. The summed E-state index contributed by atoms with van der Waals surface area (Å²) in [6.07, 6.45) is 0.500. The van der Waals surface area contributed by atoms with E-state index < -0.39 is 17.9 Å². The van der Waals surface area contributed by atoms with Gasteiger partial charge < -0.3 is 14.6 Å². The molecule has 1 fully saturated rings. The number of carboxylic acid groups (broad SMARTS) is 1. The van der Waals surface area contributed by atoms with Crippen molar-refractivity contribution in [1.82, 2.24) is 0 Å². The fraction of sp³-hybridized carbons (Fsp3) is 0.550. The highest BCUT2D eigenvalue weighted by molar-refractivity contribution is 5.89.